The first kappa shape index (κ1) is 15.2. The van der Waals surface area contributed by atoms with Crippen LogP contribution < -0.4 is 0 Å². The van der Waals surface area contributed by atoms with Crippen molar-refractivity contribution in [3.63, 3.8) is 0 Å². The molecule has 0 saturated carbocycles. The molecule has 102 valence electrons. The summed E-state index contributed by atoms with van der Waals surface area (Å²) in [6.07, 6.45) is -0.766. The number of hydrogen-bond acceptors (Lipinski definition) is 3. The quantitative estimate of drug-likeness (QED) is 0.814. The molecule has 3 nitrogen and oxygen atoms in total. The van der Waals surface area contributed by atoms with Crippen molar-refractivity contribution < 1.29 is 10.2 Å². The summed E-state index contributed by atoms with van der Waals surface area (Å²) in [5.74, 6) is 0. The fourth-order valence-electron chi connectivity index (χ4n) is 2.58. The summed E-state index contributed by atoms with van der Waals surface area (Å²) in [7, 11) is 0. The maximum atomic E-state index is 10.1. The Kier molecular flexibility index (Phi) is 5.79. The fraction of sp³-hybridized carbons (Fsp3) is 0.600. The van der Waals surface area contributed by atoms with E-state index in [1.807, 2.05) is 30.3 Å². The first-order chi connectivity index (χ1) is 8.49. The predicted octanol–water partition coefficient (Wildman–Crippen LogP) is 2.20. The molecule has 0 aromatic heterocycles. The Bertz CT molecular complexity index is 330. The van der Waals surface area contributed by atoms with E-state index in [1.54, 1.807) is 0 Å². The lowest BCUT2D eigenvalue weighted by Crippen LogP contribution is -2.46. The third-order valence-electron chi connectivity index (χ3n) is 3.21. The molecule has 0 unspecified atom stereocenters. The number of rotatable bonds is 6. The van der Waals surface area contributed by atoms with Gasteiger partial charge in [-0.3, -0.25) is 4.90 Å². The summed E-state index contributed by atoms with van der Waals surface area (Å²) in [4.78, 5) is 2.23. The Morgan fingerprint density at radius 1 is 1.00 bits per heavy atom. The van der Waals surface area contributed by atoms with Gasteiger partial charge in [-0.25, -0.2) is 0 Å². The molecule has 2 atom stereocenters. The van der Waals surface area contributed by atoms with Crippen molar-refractivity contribution >= 4 is 0 Å². The van der Waals surface area contributed by atoms with Crippen LogP contribution in [0.5, 0.6) is 0 Å². The molecule has 0 radical (unpaired) electrons. The molecule has 0 fully saturated rings. The van der Waals surface area contributed by atoms with Gasteiger partial charge in [0.25, 0.3) is 0 Å². The highest BCUT2D eigenvalue weighted by Crippen LogP contribution is 2.28. The lowest BCUT2D eigenvalue weighted by molar-refractivity contribution is -0.0166. The molecule has 3 heteroatoms. The molecular formula is C15H25NO2. The minimum atomic E-state index is -0.766. The number of hydrogen-bond donors (Lipinski definition) is 2. The van der Waals surface area contributed by atoms with Crippen LogP contribution in [0.25, 0.3) is 0 Å². The largest absolute Gasteiger partial charge is 0.394 e. The van der Waals surface area contributed by atoms with E-state index in [1.165, 1.54) is 0 Å². The van der Waals surface area contributed by atoms with Crippen LogP contribution in [0.3, 0.4) is 0 Å². The Labute approximate surface area is 110 Å². The van der Waals surface area contributed by atoms with Crippen molar-refractivity contribution in [1.29, 1.82) is 0 Å². The average Bonchev–Trinajstić information content (AvgIpc) is 2.34. The molecule has 0 aliphatic heterocycles. The highest BCUT2D eigenvalue weighted by molar-refractivity contribution is 5.20. The van der Waals surface area contributed by atoms with Gasteiger partial charge in [-0.05, 0) is 33.3 Å². The van der Waals surface area contributed by atoms with Gasteiger partial charge >= 0.3 is 0 Å². The van der Waals surface area contributed by atoms with Crippen LogP contribution in [-0.2, 0) is 0 Å². The molecule has 0 saturated heterocycles. The van der Waals surface area contributed by atoms with Gasteiger partial charge in [0.1, 0.15) is 0 Å². The summed E-state index contributed by atoms with van der Waals surface area (Å²) >= 11 is 0. The fourth-order valence-corrected chi connectivity index (χ4v) is 2.58. The van der Waals surface area contributed by atoms with Crippen molar-refractivity contribution in [2.75, 3.05) is 6.61 Å². The zero-order valence-corrected chi connectivity index (χ0v) is 11.7. The Balaban J connectivity index is 3.12. The van der Waals surface area contributed by atoms with E-state index in [9.17, 15) is 10.2 Å². The monoisotopic (exact) mass is 251 g/mol. The average molecular weight is 251 g/mol. The van der Waals surface area contributed by atoms with Gasteiger partial charge in [0.05, 0.1) is 18.8 Å². The van der Waals surface area contributed by atoms with Gasteiger partial charge in [0.2, 0.25) is 0 Å². The van der Waals surface area contributed by atoms with Crippen LogP contribution in [0.4, 0.5) is 0 Å². The lowest BCUT2D eigenvalue weighted by atomic mass is 9.97. The molecule has 0 bridgehead atoms. The molecular weight excluding hydrogens is 226 g/mol. The molecule has 18 heavy (non-hydrogen) atoms. The van der Waals surface area contributed by atoms with Gasteiger partial charge in [-0.15, -0.1) is 0 Å². The molecule has 1 aromatic rings. The van der Waals surface area contributed by atoms with Crippen LogP contribution in [0.2, 0.25) is 0 Å². The first-order valence-corrected chi connectivity index (χ1v) is 6.60. The lowest BCUT2D eigenvalue weighted by Gasteiger charge is -2.40. The number of aliphatic hydroxyl groups excluding tert-OH is 2. The van der Waals surface area contributed by atoms with E-state index < -0.39 is 6.10 Å². The highest BCUT2D eigenvalue weighted by Gasteiger charge is 2.30. The Morgan fingerprint density at radius 2 is 1.50 bits per heavy atom. The molecule has 2 N–H and O–H groups in total. The molecule has 1 rings (SSSR count). The van der Waals surface area contributed by atoms with Gasteiger partial charge in [0.15, 0.2) is 0 Å². The number of nitrogens with zero attached hydrogens (tertiary/aromatic N) is 1. The van der Waals surface area contributed by atoms with Crippen molar-refractivity contribution in [3.05, 3.63) is 35.9 Å². The summed E-state index contributed by atoms with van der Waals surface area (Å²) in [6.45, 7) is 8.22. The first-order valence-electron chi connectivity index (χ1n) is 6.60. The second-order valence-corrected chi connectivity index (χ2v) is 5.24. The van der Waals surface area contributed by atoms with E-state index in [2.05, 4.69) is 32.6 Å². The third kappa shape index (κ3) is 3.55. The van der Waals surface area contributed by atoms with Crippen molar-refractivity contribution in [1.82, 2.24) is 4.90 Å². The normalized spacial score (nSPS) is 15.4. The molecule has 0 amide bonds. The van der Waals surface area contributed by atoms with Crippen LogP contribution >= 0.6 is 0 Å². The molecule has 0 aliphatic carbocycles. The van der Waals surface area contributed by atoms with Crippen molar-refractivity contribution in [3.8, 4) is 0 Å². The summed E-state index contributed by atoms with van der Waals surface area (Å²) in [5, 5.41) is 19.4. The van der Waals surface area contributed by atoms with E-state index in [0.717, 1.165) is 5.56 Å². The summed E-state index contributed by atoms with van der Waals surface area (Å²) in [6, 6.07) is 10.3. The molecule has 1 aromatic carbocycles. The Hall–Kier alpha value is -0.900. The van der Waals surface area contributed by atoms with E-state index in [-0.39, 0.29) is 12.6 Å². The van der Waals surface area contributed by atoms with E-state index in [4.69, 9.17) is 0 Å². The summed E-state index contributed by atoms with van der Waals surface area (Å²) < 4.78 is 0. The smallest absolute Gasteiger partial charge is 0.0967 e. The van der Waals surface area contributed by atoms with Gasteiger partial charge in [-0.2, -0.15) is 0 Å². The van der Waals surface area contributed by atoms with Crippen molar-refractivity contribution in [2.24, 2.45) is 0 Å². The minimum Gasteiger partial charge on any atom is -0.394 e. The maximum absolute atomic E-state index is 10.1. The topological polar surface area (TPSA) is 43.7 Å². The number of aliphatic hydroxyl groups is 2. The molecule has 0 aliphatic rings. The third-order valence-corrected chi connectivity index (χ3v) is 3.21. The Morgan fingerprint density at radius 3 is 1.89 bits per heavy atom. The van der Waals surface area contributed by atoms with E-state index in [0.29, 0.717) is 12.1 Å². The van der Waals surface area contributed by atoms with Crippen LogP contribution in [0.1, 0.15) is 39.3 Å². The van der Waals surface area contributed by atoms with Crippen LogP contribution in [0.15, 0.2) is 30.3 Å². The highest BCUT2D eigenvalue weighted by atomic mass is 16.3. The molecule has 0 heterocycles. The van der Waals surface area contributed by atoms with Gasteiger partial charge in [0, 0.05) is 12.1 Å². The van der Waals surface area contributed by atoms with Crippen LogP contribution in [-0.4, -0.2) is 39.9 Å². The van der Waals surface area contributed by atoms with Crippen molar-refractivity contribution in [2.45, 2.75) is 51.9 Å². The standard InChI is InChI=1S/C15H25NO2/c1-11(2)16(12(3)4)15(14(18)10-17)13-8-6-5-7-9-13/h5-9,11-12,14-15,17-18H,10H2,1-4H3/t14-,15-/m1/s1. The summed E-state index contributed by atoms with van der Waals surface area (Å²) in [5.41, 5.74) is 1.04. The zero-order valence-electron chi connectivity index (χ0n) is 11.7. The molecule has 0 spiro atoms. The minimum absolute atomic E-state index is 0.170. The van der Waals surface area contributed by atoms with Gasteiger partial charge < -0.3 is 10.2 Å². The second kappa shape index (κ2) is 6.88. The zero-order chi connectivity index (χ0) is 13.7. The predicted molar refractivity (Wildman–Crippen MR) is 74.4 cm³/mol. The number of benzene rings is 1. The van der Waals surface area contributed by atoms with E-state index >= 15 is 0 Å². The maximum Gasteiger partial charge on any atom is 0.0967 e. The van der Waals surface area contributed by atoms with Crippen LogP contribution in [0, 0.1) is 0 Å². The van der Waals surface area contributed by atoms with Gasteiger partial charge in [-0.1, -0.05) is 30.3 Å². The SMILES string of the molecule is CC(C)N(C(C)C)[C@H](c1ccccc1)[C@H](O)CO. The second-order valence-electron chi connectivity index (χ2n) is 5.24.